The highest BCUT2D eigenvalue weighted by Crippen LogP contribution is 2.18. The van der Waals surface area contributed by atoms with E-state index in [4.69, 9.17) is 11.5 Å². The second-order valence-electron chi connectivity index (χ2n) is 4.66. The van der Waals surface area contributed by atoms with Crippen LogP contribution in [0.15, 0.2) is 12.3 Å². The molecule has 0 aliphatic rings. The molecule has 0 radical (unpaired) electrons. The molecule has 0 atom stereocenters. The van der Waals surface area contributed by atoms with Crippen molar-refractivity contribution in [2.75, 3.05) is 11.1 Å². The molecule has 2 aromatic heterocycles. The summed E-state index contributed by atoms with van der Waals surface area (Å²) in [4.78, 5) is 15.5. The molecule has 7 nitrogen and oxygen atoms in total. The fraction of sp³-hybridized carbons (Fsp3) is 0.308. The molecule has 0 saturated carbocycles. The lowest BCUT2D eigenvalue weighted by molar-refractivity contribution is 0.100. The Morgan fingerprint density at radius 1 is 1.45 bits per heavy atom. The van der Waals surface area contributed by atoms with Crippen LogP contribution in [0.3, 0.4) is 0 Å². The molecule has 0 fully saturated rings. The molecular weight excluding hydrogens is 256 g/mol. The zero-order valence-corrected chi connectivity index (χ0v) is 11.8. The van der Waals surface area contributed by atoms with Gasteiger partial charge in [0.2, 0.25) is 0 Å². The van der Waals surface area contributed by atoms with Gasteiger partial charge in [0, 0.05) is 24.8 Å². The Bertz CT molecular complexity index is 661. The maximum atomic E-state index is 11.4. The van der Waals surface area contributed by atoms with Gasteiger partial charge in [-0.2, -0.15) is 5.10 Å². The number of nitrogens with zero attached hydrogens (tertiary/aromatic N) is 3. The molecule has 106 valence electrons. The van der Waals surface area contributed by atoms with Crippen molar-refractivity contribution in [2.45, 2.75) is 20.4 Å². The summed E-state index contributed by atoms with van der Waals surface area (Å²) in [7, 11) is 1.89. The van der Waals surface area contributed by atoms with Crippen molar-refractivity contribution in [1.82, 2.24) is 14.8 Å². The SMILES string of the molecule is Cc1nn(C)c(C)c1CNc1ncc(N)cc1C(N)=O. The number of nitrogens with two attached hydrogens (primary N) is 2. The molecule has 2 heterocycles. The van der Waals surface area contributed by atoms with Gasteiger partial charge in [0.1, 0.15) is 5.82 Å². The monoisotopic (exact) mass is 274 g/mol. The Labute approximate surface area is 117 Å². The maximum Gasteiger partial charge on any atom is 0.252 e. The maximum absolute atomic E-state index is 11.4. The van der Waals surface area contributed by atoms with Crippen molar-refractivity contribution in [3.8, 4) is 0 Å². The Kier molecular flexibility index (Phi) is 3.60. The molecule has 2 aromatic rings. The van der Waals surface area contributed by atoms with Crippen LogP contribution in [0.1, 0.15) is 27.3 Å². The molecule has 0 aliphatic heterocycles. The smallest absolute Gasteiger partial charge is 0.252 e. The summed E-state index contributed by atoms with van der Waals surface area (Å²) in [6.07, 6.45) is 1.48. The summed E-state index contributed by atoms with van der Waals surface area (Å²) < 4.78 is 1.82. The molecule has 0 aromatic carbocycles. The van der Waals surface area contributed by atoms with Gasteiger partial charge in [-0.15, -0.1) is 0 Å². The average molecular weight is 274 g/mol. The topological polar surface area (TPSA) is 112 Å². The molecule has 0 aliphatic carbocycles. The number of carbonyl (C=O) groups is 1. The molecule has 0 spiro atoms. The van der Waals surface area contributed by atoms with E-state index in [1.807, 2.05) is 25.6 Å². The second kappa shape index (κ2) is 5.20. The lowest BCUT2D eigenvalue weighted by Gasteiger charge is -2.10. The highest BCUT2D eigenvalue weighted by molar-refractivity contribution is 5.98. The van der Waals surface area contributed by atoms with E-state index in [2.05, 4.69) is 15.4 Å². The van der Waals surface area contributed by atoms with Crippen LogP contribution in [0.2, 0.25) is 0 Å². The number of primary amides is 1. The van der Waals surface area contributed by atoms with Crippen LogP contribution in [0.25, 0.3) is 0 Å². The van der Waals surface area contributed by atoms with E-state index < -0.39 is 5.91 Å². The molecule has 0 unspecified atom stereocenters. The van der Waals surface area contributed by atoms with Crippen molar-refractivity contribution in [3.05, 3.63) is 34.8 Å². The molecule has 1 amide bonds. The van der Waals surface area contributed by atoms with Crippen molar-refractivity contribution >= 4 is 17.4 Å². The summed E-state index contributed by atoms with van der Waals surface area (Å²) in [5, 5.41) is 7.45. The minimum atomic E-state index is -0.563. The van der Waals surface area contributed by atoms with E-state index in [9.17, 15) is 4.79 Å². The van der Waals surface area contributed by atoms with Gasteiger partial charge in [0.25, 0.3) is 5.91 Å². The zero-order chi connectivity index (χ0) is 14.9. The Hall–Kier alpha value is -2.57. The van der Waals surface area contributed by atoms with Gasteiger partial charge in [0.05, 0.1) is 23.1 Å². The number of aryl methyl sites for hydroxylation is 2. The number of amides is 1. The van der Waals surface area contributed by atoms with E-state index in [0.717, 1.165) is 17.0 Å². The number of hydrogen-bond acceptors (Lipinski definition) is 5. The average Bonchev–Trinajstić information content (AvgIpc) is 2.62. The fourth-order valence-electron chi connectivity index (χ4n) is 2.06. The molecule has 0 saturated heterocycles. The number of rotatable bonds is 4. The van der Waals surface area contributed by atoms with E-state index in [0.29, 0.717) is 18.1 Å². The first-order valence-electron chi connectivity index (χ1n) is 6.18. The van der Waals surface area contributed by atoms with Gasteiger partial charge in [-0.05, 0) is 19.9 Å². The molecular formula is C13H18N6O. The number of aromatic nitrogens is 3. The van der Waals surface area contributed by atoms with Crippen molar-refractivity contribution in [1.29, 1.82) is 0 Å². The molecule has 7 heteroatoms. The molecule has 0 bridgehead atoms. The zero-order valence-electron chi connectivity index (χ0n) is 11.8. The van der Waals surface area contributed by atoms with Crippen molar-refractivity contribution in [2.24, 2.45) is 12.8 Å². The van der Waals surface area contributed by atoms with Crippen LogP contribution in [0.4, 0.5) is 11.5 Å². The lowest BCUT2D eigenvalue weighted by Crippen LogP contribution is -2.16. The Morgan fingerprint density at radius 3 is 2.70 bits per heavy atom. The van der Waals surface area contributed by atoms with E-state index in [1.54, 1.807) is 0 Å². The number of anilines is 2. The van der Waals surface area contributed by atoms with E-state index in [1.165, 1.54) is 12.3 Å². The van der Waals surface area contributed by atoms with Crippen LogP contribution in [-0.2, 0) is 13.6 Å². The predicted octanol–water partition coefficient (Wildman–Crippen LogP) is 0.725. The Balaban J connectivity index is 2.25. The normalized spacial score (nSPS) is 10.6. The van der Waals surface area contributed by atoms with Gasteiger partial charge in [0.15, 0.2) is 0 Å². The number of nitrogens with one attached hydrogen (secondary N) is 1. The standard InChI is InChI=1S/C13H18N6O/c1-7-11(8(2)19(3)18-7)6-17-13-10(12(15)20)4-9(14)5-16-13/h4-5H,6,14H2,1-3H3,(H2,15,20)(H,16,17). The van der Waals surface area contributed by atoms with Crippen LogP contribution in [0.5, 0.6) is 0 Å². The van der Waals surface area contributed by atoms with Crippen LogP contribution in [0, 0.1) is 13.8 Å². The van der Waals surface area contributed by atoms with Crippen LogP contribution in [-0.4, -0.2) is 20.7 Å². The number of carbonyl (C=O) groups excluding carboxylic acids is 1. The summed E-state index contributed by atoms with van der Waals surface area (Å²) in [6, 6.07) is 1.51. The van der Waals surface area contributed by atoms with Crippen molar-refractivity contribution in [3.63, 3.8) is 0 Å². The minimum absolute atomic E-state index is 0.282. The predicted molar refractivity (Wildman–Crippen MR) is 77.2 cm³/mol. The van der Waals surface area contributed by atoms with Gasteiger partial charge < -0.3 is 16.8 Å². The number of hydrogen-bond donors (Lipinski definition) is 3. The first-order valence-corrected chi connectivity index (χ1v) is 6.18. The summed E-state index contributed by atoms with van der Waals surface area (Å²) in [5.74, 6) is -0.138. The van der Waals surface area contributed by atoms with E-state index in [-0.39, 0.29) is 5.56 Å². The van der Waals surface area contributed by atoms with Gasteiger partial charge in [-0.25, -0.2) is 4.98 Å². The van der Waals surface area contributed by atoms with Crippen LogP contribution < -0.4 is 16.8 Å². The first kappa shape index (κ1) is 13.9. The summed E-state index contributed by atoms with van der Waals surface area (Å²) >= 11 is 0. The third kappa shape index (κ3) is 2.56. The third-order valence-corrected chi connectivity index (χ3v) is 3.27. The minimum Gasteiger partial charge on any atom is -0.397 e. The summed E-state index contributed by atoms with van der Waals surface area (Å²) in [5.41, 5.74) is 14.7. The number of pyridine rings is 1. The first-order chi connectivity index (χ1) is 9.40. The third-order valence-electron chi connectivity index (χ3n) is 3.27. The lowest BCUT2D eigenvalue weighted by atomic mass is 10.2. The van der Waals surface area contributed by atoms with Gasteiger partial charge in [-0.1, -0.05) is 0 Å². The molecule has 2 rings (SSSR count). The van der Waals surface area contributed by atoms with Gasteiger partial charge >= 0.3 is 0 Å². The summed E-state index contributed by atoms with van der Waals surface area (Å²) in [6.45, 7) is 4.44. The molecule has 5 N–H and O–H groups in total. The van der Waals surface area contributed by atoms with Crippen molar-refractivity contribution < 1.29 is 4.79 Å². The number of nitrogen functional groups attached to an aromatic ring is 1. The highest BCUT2D eigenvalue weighted by atomic mass is 16.1. The highest BCUT2D eigenvalue weighted by Gasteiger charge is 2.13. The largest absolute Gasteiger partial charge is 0.397 e. The quantitative estimate of drug-likeness (QED) is 0.760. The fourth-order valence-corrected chi connectivity index (χ4v) is 2.06. The molecule has 20 heavy (non-hydrogen) atoms. The Morgan fingerprint density at radius 2 is 2.15 bits per heavy atom. The van der Waals surface area contributed by atoms with E-state index >= 15 is 0 Å². The second-order valence-corrected chi connectivity index (χ2v) is 4.66. The van der Waals surface area contributed by atoms with Gasteiger partial charge in [-0.3, -0.25) is 9.48 Å². The van der Waals surface area contributed by atoms with Crippen LogP contribution >= 0.6 is 0 Å².